The van der Waals surface area contributed by atoms with Crippen LogP contribution in [0.3, 0.4) is 0 Å². The van der Waals surface area contributed by atoms with Crippen molar-refractivity contribution in [2.75, 3.05) is 0 Å². The molecule has 1 atom stereocenters. The lowest BCUT2D eigenvalue weighted by atomic mass is 9.99. The number of ketones is 1. The number of Topliss-reactive ketones (excluding diaryl/α,β-unsaturated/α-hetero) is 1. The Balaban J connectivity index is 4.39. The lowest BCUT2D eigenvalue weighted by molar-refractivity contribution is -0.173. The molecule has 0 aromatic heterocycles. The van der Waals surface area contributed by atoms with Crippen LogP contribution in [0.2, 0.25) is 0 Å². The molecule has 0 spiro atoms. The molecular formula is C7H9F3O. The third-order valence-electron chi connectivity index (χ3n) is 1.41. The molecule has 11 heavy (non-hydrogen) atoms. The zero-order valence-electron chi connectivity index (χ0n) is 6.33. The van der Waals surface area contributed by atoms with Gasteiger partial charge in [0.1, 0.15) is 0 Å². The minimum absolute atomic E-state index is 0.229. The van der Waals surface area contributed by atoms with Crippen molar-refractivity contribution in [3.63, 3.8) is 0 Å². The van der Waals surface area contributed by atoms with E-state index in [9.17, 15) is 18.0 Å². The zero-order chi connectivity index (χ0) is 9.23. The van der Waals surface area contributed by atoms with Gasteiger partial charge >= 0.3 is 6.18 Å². The van der Waals surface area contributed by atoms with Gasteiger partial charge in [-0.25, -0.2) is 0 Å². The van der Waals surface area contributed by atoms with Crippen LogP contribution < -0.4 is 0 Å². The molecule has 0 aromatic rings. The number of halogens is 3. The molecule has 64 valence electrons. The summed E-state index contributed by atoms with van der Waals surface area (Å²) in [5, 5.41) is 0. The molecule has 4 heteroatoms. The molecule has 0 aliphatic carbocycles. The molecule has 0 unspecified atom stereocenters. The second-order valence-corrected chi connectivity index (χ2v) is 2.43. The van der Waals surface area contributed by atoms with Gasteiger partial charge in [-0.1, -0.05) is 19.1 Å². The van der Waals surface area contributed by atoms with E-state index in [1.54, 1.807) is 0 Å². The number of rotatable bonds is 2. The van der Waals surface area contributed by atoms with E-state index >= 15 is 0 Å². The van der Waals surface area contributed by atoms with Crippen molar-refractivity contribution >= 4 is 5.78 Å². The fourth-order valence-corrected chi connectivity index (χ4v) is 0.469. The minimum Gasteiger partial charge on any atom is -0.289 e. The van der Waals surface area contributed by atoms with Crippen molar-refractivity contribution in [1.82, 2.24) is 0 Å². The first-order valence-corrected chi connectivity index (χ1v) is 3.03. The summed E-state index contributed by atoms with van der Waals surface area (Å²) in [7, 11) is 0. The molecule has 0 fully saturated rings. The van der Waals surface area contributed by atoms with Crippen molar-refractivity contribution < 1.29 is 18.0 Å². The largest absolute Gasteiger partial charge is 0.450 e. The summed E-state index contributed by atoms with van der Waals surface area (Å²) >= 11 is 0. The molecule has 0 saturated carbocycles. The maximum Gasteiger partial charge on any atom is 0.450 e. The average Bonchev–Trinajstić information content (AvgIpc) is 1.82. The third kappa shape index (κ3) is 2.74. The van der Waals surface area contributed by atoms with E-state index < -0.39 is 17.9 Å². The monoisotopic (exact) mass is 166 g/mol. The van der Waals surface area contributed by atoms with E-state index in [0.717, 1.165) is 0 Å². The zero-order valence-corrected chi connectivity index (χ0v) is 6.33. The molecule has 0 saturated heterocycles. The van der Waals surface area contributed by atoms with Crippen LogP contribution in [0.15, 0.2) is 12.2 Å². The fourth-order valence-electron chi connectivity index (χ4n) is 0.469. The normalized spacial score (nSPS) is 14.3. The molecule has 1 nitrogen and oxygen atoms in total. The average molecular weight is 166 g/mol. The number of allylic oxidation sites excluding steroid dienone is 1. The third-order valence-corrected chi connectivity index (χ3v) is 1.41. The quantitative estimate of drug-likeness (QED) is 0.575. The number of hydrogen-bond donors (Lipinski definition) is 0. The van der Waals surface area contributed by atoms with Crippen LogP contribution >= 0.6 is 0 Å². The Morgan fingerprint density at radius 3 is 1.91 bits per heavy atom. The summed E-state index contributed by atoms with van der Waals surface area (Å²) in [5.41, 5.74) is 0.229. The predicted octanol–water partition coefficient (Wildman–Crippen LogP) is 2.33. The summed E-state index contributed by atoms with van der Waals surface area (Å²) in [6.07, 6.45) is -4.74. The number of carbonyl (C=O) groups excluding carboxylic acids is 1. The molecule has 0 bridgehead atoms. The summed E-state index contributed by atoms with van der Waals surface area (Å²) in [5.74, 6) is -2.86. The van der Waals surface area contributed by atoms with Gasteiger partial charge in [0.2, 0.25) is 5.78 Å². The van der Waals surface area contributed by atoms with Crippen LogP contribution in [0.5, 0.6) is 0 Å². The number of carbonyl (C=O) groups is 1. The van der Waals surface area contributed by atoms with E-state index in [1.165, 1.54) is 13.8 Å². The highest BCUT2D eigenvalue weighted by Crippen LogP contribution is 2.23. The van der Waals surface area contributed by atoms with Gasteiger partial charge in [0, 0.05) is 5.92 Å². The first-order valence-electron chi connectivity index (χ1n) is 3.03. The maximum absolute atomic E-state index is 11.7. The van der Waals surface area contributed by atoms with Crippen LogP contribution in [0.25, 0.3) is 0 Å². The van der Waals surface area contributed by atoms with Crippen molar-refractivity contribution in [3.05, 3.63) is 12.2 Å². The van der Waals surface area contributed by atoms with Gasteiger partial charge < -0.3 is 0 Å². The lowest BCUT2D eigenvalue weighted by Crippen LogP contribution is -2.29. The first-order chi connectivity index (χ1) is 4.76. The van der Waals surface area contributed by atoms with E-state index in [4.69, 9.17) is 0 Å². The minimum atomic E-state index is -4.74. The Hall–Kier alpha value is -0.800. The Kier molecular flexibility index (Phi) is 2.84. The van der Waals surface area contributed by atoms with Crippen LogP contribution in [0.1, 0.15) is 13.8 Å². The molecule has 0 radical (unpaired) electrons. The first kappa shape index (κ1) is 10.2. The van der Waals surface area contributed by atoms with Gasteiger partial charge in [-0.3, -0.25) is 4.79 Å². The van der Waals surface area contributed by atoms with E-state index in [1.807, 2.05) is 0 Å². The Labute approximate surface area is 62.9 Å². The highest BCUT2D eigenvalue weighted by Gasteiger charge is 2.41. The van der Waals surface area contributed by atoms with Crippen LogP contribution in [-0.4, -0.2) is 12.0 Å². The van der Waals surface area contributed by atoms with Gasteiger partial charge in [-0.05, 0) is 6.92 Å². The van der Waals surface area contributed by atoms with Crippen LogP contribution in [0, 0.1) is 5.92 Å². The van der Waals surface area contributed by atoms with Crippen molar-refractivity contribution in [1.29, 1.82) is 0 Å². The highest BCUT2D eigenvalue weighted by molar-refractivity contribution is 5.88. The fraction of sp³-hybridized carbons (Fsp3) is 0.571. The summed E-state index contributed by atoms with van der Waals surface area (Å²) < 4.78 is 35.0. The van der Waals surface area contributed by atoms with Gasteiger partial charge in [0.25, 0.3) is 0 Å². The molecule has 0 aromatic carbocycles. The van der Waals surface area contributed by atoms with E-state index in [0.29, 0.717) is 0 Å². The van der Waals surface area contributed by atoms with Crippen molar-refractivity contribution in [2.24, 2.45) is 5.92 Å². The molecule has 0 amide bonds. The molecule has 0 aliphatic heterocycles. The van der Waals surface area contributed by atoms with E-state index in [-0.39, 0.29) is 5.57 Å². The molecule has 0 rings (SSSR count). The van der Waals surface area contributed by atoms with Gasteiger partial charge in [-0.2, -0.15) is 13.2 Å². The van der Waals surface area contributed by atoms with Crippen LogP contribution in [-0.2, 0) is 4.79 Å². The molecule has 0 heterocycles. The maximum atomic E-state index is 11.7. The molecule has 0 aliphatic rings. The number of alkyl halides is 3. The summed E-state index contributed by atoms with van der Waals surface area (Å²) in [6.45, 7) is 5.86. The smallest absolute Gasteiger partial charge is 0.289 e. The van der Waals surface area contributed by atoms with Gasteiger partial charge in [0.05, 0.1) is 0 Å². The Bertz CT molecular complexity index is 181. The SMILES string of the molecule is C=C(C)[C@H](C)C(=O)C(F)(F)F. The summed E-state index contributed by atoms with van der Waals surface area (Å²) in [4.78, 5) is 10.4. The van der Waals surface area contributed by atoms with Crippen LogP contribution in [0.4, 0.5) is 13.2 Å². The predicted molar refractivity (Wildman–Crippen MR) is 35.0 cm³/mol. The Morgan fingerprint density at radius 2 is 1.82 bits per heavy atom. The van der Waals surface area contributed by atoms with Crippen molar-refractivity contribution in [2.45, 2.75) is 20.0 Å². The number of hydrogen-bond acceptors (Lipinski definition) is 1. The topological polar surface area (TPSA) is 17.1 Å². The lowest BCUT2D eigenvalue weighted by Gasteiger charge is -2.11. The molecule has 0 N–H and O–H groups in total. The van der Waals surface area contributed by atoms with Gasteiger partial charge in [0.15, 0.2) is 0 Å². The van der Waals surface area contributed by atoms with Crippen molar-refractivity contribution in [3.8, 4) is 0 Å². The molecular weight excluding hydrogens is 157 g/mol. The highest BCUT2D eigenvalue weighted by atomic mass is 19.4. The van der Waals surface area contributed by atoms with Gasteiger partial charge in [-0.15, -0.1) is 0 Å². The second kappa shape index (κ2) is 3.07. The summed E-state index contributed by atoms with van der Waals surface area (Å²) in [6, 6.07) is 0. The standard InChI is InChI=1S/C7H9F3O/c1-4(2)5(3)6(11)7(8,9)10/h5H,1H2,2-3H3/t5-/m0/s1. The second-order valence-electron chi connectivity index (χ2n) is 2.43. The Morgan fingerprint density at radius 1 is 1.45 bits per heavy atom. The van der Waals surface area contributed by atoms with E-state index in [2.05, 4.69) is 6.58 Å².